The van der Waals surface area contributed by atoms with Crippen LogP contribution in [0, 0.1) is 11.8 Å². The van der Waals surface area contributed by atoms with E-state index in [1.807, 2.05) is 10.9 Å². The Labute approximate surface area is 98.0 Å². The minimum absolute atomic E-state index is 0.192. The molecule has 1 aliphatic rings. The molecule has 1 aromatic heterocycles. The van der Waals surface area contributed by atoms with Crippen LogP contribution in [0.15, 0.2) is 12.4 Å². The predicted molar refractivity (Wildman–Crippen MR) is 66.0 cm³/mol. The van der Waals surface area contributed by atoms with Gasteiger partial charge in [-0.05, 0) is 31.6 Å². The van der Waals surface area contributed by atoms with Gasteiger partial charge < -0.3 is 5.73 Å². The molecule has 16 heavy (non-hydrogen) atoms. The lowest BCUT2D eigenvalue weighted by Crippen LogP contribution is -2.19. The van der Waals surface area contributed by atoms with Crippen LogP contribution in [0.1, 0.15) is 51.1 Å². The van der Waals surface area contributed by atoms with Gasteiger partial charge in [0.15, 0.2) is 0 Å². The van der Waals surface area contributed by atoms with Crippen LogP contribution in [0.3, 0.4) is 0 Å². The molecule has 3 unspecified atom stereocenters. The Morgan fingerprint density at radius 3 is 2.88 bits per heavy atom. The lowest BCUT2D eigenvalue weighted by molar-refractivity contribution is 0.416. The third-order valence-corrected chi connectivity index (χ3v) is 4.03. The van der Waals surface area contributed by atoms with Gasteiger partial charge in [0.05, 0.1) is 6.20 Å². The fraction of sp³-hybridized carbons (Fsp3) is 0.769. The van der Waals surface area contributed by atoms with Gasteiger partial charge >= 0.3 is 0 Å². The first kappa shape index (κ1) is 11.6. The molecule has 0 aromatic carbocycles. The predicted octanol–water partition coefficient (Wildman–Crippen LogP) is 2.73. The van der Waals surface area contributed by atoms with Crippen LogP contribution < -0.4 is 5.73 Å². The number of aryl methyl sites for hydroxylation is 1. The zero-order valence-corrected chi connectivity index (χ0v) is 10.4. The van der Waals surface area contributed by atoms with Gasteiger partial charge in [-0.15, -0.1) is 0 Å². The first-order valence-electron chi connectivity index (χ1n) is 6.52. The molecule has 90 valence electrons. The highest BCUT2D eigenvalue weighted by atomic mass is 15.3. The molecule has 0 saturated heterocycles. The van der Waals surface area contributed by atoms with E-state index in [0.29, 0.717) is 5.92 Å². The van der Waals surface area contributed by atoms with Crippen LogP contribution in [0.2, 0.25) is 0 Å². The Hall–Kier alpha value is -0.830. The second-order valence-corrected chi connectivity index (χ2v) is 5.00. The summed E-state index contributed by atoms with van der Waals surface area (Å²) in [5.74, 6) is 1.57. The van der Waals surface area contributed by atoms with E-state index < -0.39 is 0 Å². The topological polar surface area (TPSA) is 43.8 Å². The Morgan fingerprint density at radius 1 is 1.50 bits per heavy atom. The van der Waals surface area contributed by atoms with Gasteiger partial charge in [-0.25, -0.2) is 0 Å². The van der Waals surface area contributed by atoms with Crippen molar-refractivity contribution in [2.75, 3.05) is 0 Å². The first-order chi connectivity index (χ1) is 7.74. The molecule has 0 bridgehead atoms. The molecule has 0 spiro atoms. The molecule has 2 N–H and O–H groups in total. The first-order valence-corrected chi connectivity index (χ1v) is 6.52. The van der Waals surface area contributed by atoms with Crippen LogP contribution in [-0.4, -0.2) is 9.78 Å². The quantitative estimate of drug-likeness (QED) is 0.849. The van der Waals surface area contributed by atoms with Gasteiger partial charge in [0, 0.05) is 24.3 Å². The van der Waals surface area contributed by atoms with E-state index in [0.717, 1.165) is 12.5 Å². The maximum Gasteiger partial charge on any atom is 0.0537 e. The zero-order chi connectivity index (χ0) is 11.5. The molecule has 0 radical (unpaired) electrons. The third-order valence-electron chi connectivity index (χ3n) is 4.03. The van der Waals surface area contributed by atoms with Crippen LogP contribution >= 0.6 is 0 Å². The van der Waals surface area contributed by atoms with E-state index in [9.17, 15) is 0 Å². The molecule has 3 atom stereocenters. The molecular weight excluding hydrogens is 198 g/mol. The summed E-state index contributed by atoms with van der Waals surface area (Å²) in [6.45, 7) is 5.31. The van der Waals surface area contributed by atoms with E-state index in [1.165, 1.54) is 31.2 Å². The monoisotopic (exact) mass is 221 g/mol. The summed E-state index contributed by atoms with van der Waals surface area (Å²) in [7, 11) is 0. The van der Waals surface area contributed by atoms with Crippen molar-refractivity contribution in [3.8, 4) is 0 Å². The highest BCUT2D eigenvalue weighted by Gasteiger charge is 2.29. The lowest BCUT2D eigenvalue weighted by atomic mass is 9.93. The number of nitrogens with two attached hydrogens (primary N) is 1. The summed E-state index contributed by atoms with van der Waals surface area (Å²) in [4.78, 5) is 0. The van der Waals surface area contributed by atoms with Crippen LogP contribution in [0.5, 0.6) is 0 Å². The Morgan fingerprint density at radius 2 is 2.31 bits per heavy atom. The Kier molecular flexibility index (Phi) is 3.64. The normalized spacial score (nSPS) is 27.2. The van der Waals surface area contributed by atoms with Crippen molar-refractivity contribution in [3.63, 3.8) is 0 Å². The second kappa shape index (κ2) is 5.00. The van der Waals surface area contributed by atoms with Crippen molar-refractivity contribution in [2.24, 2.45) is 17.6 Å². The molecule has 1 aromatic rings. The number of aromatic nitrogens is 2. The SMILES string of the molecule is CCC1CCC(C(N)c2cnn(CC)c2)C1. The summed E-state index contributed by atoms with van der Waals surface area (Å²) in [6, 6.07) is 0.192. The van der Waals surface area contributed by atoms with Crippen LogP contribution in [0.25, 0.3) is 0 Å². The molecule has 1 heterocycles. The number of hydrogen-bond acceptors (Lipinski definition) is 2. The molecule has 1 saturated carbocycles. The van der Waals surface area contributed by atoms with Crippen molar-refractivity contribution in [2.45, 2.75) is 52.1 Å². The fourth-order valence-electron chi connectivity index (χ4n) is 2.81. The van der Waals surface area contributed by atoms with Gasteiger partial charge in [0.2, 0.25) is 0 Å². The molecule has 1 fully saturated rings. The van der Waals surface area contributed by atoms with E-state index in [-0.39, 0.29) is 6.04 Å². The Balaban J connectivity index is 1.99. The maximum absolute atomic E-state index is 6.33. The standard InChI is InChI=1S/C13H23N3/c1-3-10-5-6-11(7-10)13(14)12-8-15-16(4-2)9-12/h8-11,13H,3-7,14H2,1-2H3. The molecule has 1 aliphatic carbocycles. The maximum atomic E-state index is 6.33. The average molecular weight is 221 g/mol. The summed E-state index contributed by atoms with van der Waals surface area (Å²) >= 11 is 0. The number of nitrogens with zero attached hydrogens (tertiary/aromatic N) is 2. The van der Waals surface area contributed by atoms with Crippen LogP contribution in [0.4, 0.5) is 0 Å². The molecule has 0 aliphatic heterocycles. The van der Waals surface area contributed by atoms with Crippen molar-refractivity contribution < 1.29 is 0 Å². The van der Waals surface area contributed by atoms with Crippen molar-refractivity contribution in [1.82, 2.24) is 9.78 Å². The van der Waals surface area contributed by atoms with E-state index in [2.05, 4.69) is 25.1 Å². The lowest BCUT2D eigenvalue weighted by Gasteiger charge is -2.17. The third kappa shape index (κ3) is 2.29. The summed E-state index contributed by atoms with van der Waals surface area (Å²) < 4.78 is 1.96. The second-order valence-electron chi connectivity index (χ2n) is 5.00. The molecule has 3 nitrogen and oxygen atoms in total. The van der Waals surface area contributed by atoms with Gasteiger partial charge in [-0.3, -0.25) is 4.68 Å². The highest BCUT2D eigenvalue weighted by Crippen LogP contribution is 2.39. The summed E-state index contributed by atoms with van der Waals surface area (Å²) in [5, 5.41) is 4.30. The van der Waals surface area contributed by atoms with Crippen LogP contribution in [-0.2, 0) is 6.54 Å². The molecular formula is C13H23N3. The fourth-order valence-corrected chi connectivity index (χ4v) is 2.81. The molecule has 3 heteroatoms. The zero-order valence-electron chi connectivity index (χ0n) is 10.4. The van der Waals surface area contributed by atoms with Crippen molar-refractivity contribution in [1.29, 1.82) is 0 Å². The molecule has 2 rings (SSSR count). The van der Waals surface area contributed by atoms with Gasteiger partial charge in [-0.1, -0.05) is 19.8 Å². The van der Waals surface area contributed by atoms with E-state index in [4.69, 9.17) is 5.73 Å². The highest BCUT2D eigenvalue weighted by molar-refractivity contribution is 5.11. The van der Waals surface area contributed by atoms with Gasteiger partial charge in [-0.2, -0.15) is 5.10 Å². The average Bonchev–Trinajstić information content (AvgIpc) is 2.97. The number of rotatable bonds is 4. The van der Waals surface area contributed by atoms with Gasteiger partial charge in [0.1, 0.15) is 0 Å². The van der Waals surface area contributed by atoms with E-state index in [1.54, 1.807) is 0 Å². The van der Waals surface area contributed by atoms with Gasteiger partial charge in [0.25, 0.3) is 0 Å². The molecule has 0 amide bonds. The largest absolute Gasteiger partial charge is 0.324 e. The Bertz CT molecular complexity index is 332. The van der Waals surface area contributed by atoms with Crippen molar-refractivity contribution in [3.05, 3.63) is 18.0 Å². The smallest absolute Gasteiger partial charge is 0.0537 e. The van der Waals surface area contributed by atoms with E-state index >= 15 is 0 Å². The summed E-state index contributed by atoms with van der Waals surface area (Å²) in [6.07, 6.45) is 9.29. The number of hydrogen-bond donors (Lipinski definition) is 1. The minimum atomic E-state index is 0.192. The van der Waals surface area contributed by atoms with Crippen molar-refractivity contribution >= 4 is 0 Å². The summed E-state index contributed by atoms with van der Waals surface area (Å²) in [5.41, 5.74) is 7.54. The minimum Gasteiger partial charge on any atom is -0.324 e.